The minimum atomic E-state index is -0.606. The number of anilines is 1. The van der Waals surface area contributed by atoms with E-state index in [1.54, 1.807) is 11.3 Å². The normalized spacial score (nSPS) is 10.4. The molecule has 2 aromatic rings. The van der Waals surface area contributed by atoms with E-state index in [9.17, 15) is 9.59 Å². The van der Waals surface area contributed by atoms with Crippen molar-refractivity contribution in [3.8, 4) is 0 Å². The fourth-order valence-electron chi connectivity index (χ4n) is 1.47. The Morgan fingerprint density at radius 1 is 1.47 bits per heavy atom. The van der Waals surface area contributed by atoms with Gasteiger partial charge in [-0.15, -0.1) is 16.4 Å². The lowest BCUT2D eigenvalue weighted by Crippen LogP contribution is -2.26. The van der Waals surface area contributed by atoms with E-state index in [4.69, 9.17) is 0 Å². The fourth-order valence-corrected chi connectivity index (χ4v) is 2.38. The summed E-state index contributed by atoms with van der Waals surface area (Å²) in [7, 11) is 0. The molecule has 0 fully saturated rings. The van der Waals surface area contributed by atoms with Crippen molar-refractivity contribution < 1.29 is 0 Å². The van der Waals surface area contributed by atoms with E-state index < -0.39 is 11.2 Å². The van der Waals surface area contributed by atoms with Crippen molar-refractivity contribution in [2.24, 2.45) is 0 Å². The molecule has 0 aliphatic carbocycles. The number of hydrogen-bond donors (Lipinski definition) is 3. The molecular weight excluding hydrogens is 240 g/mol. The number of rotatable bonds is 4. The summed E-state index contributed by atoms with van der Waals surface area (Å²) < 4.78 is 0. The van der Waals surface area contributed by atoms with E-state index in [1.165, 1.54) is 10.4 Å². The lowest BCUT2D eigenvalue weighted by molar-refractivity contribution is 0.883. The van der Waals surface area contributed by atoms with Gasteiger partial charge in [-0.25, -0.2) is 9.89 Å². The highest BCUT2D eigenvalue weighted by Crippen LogP contribution is 2.17. The molecule has 90 valence electrons. The van der Waals surface area contributed by atoms with Gasteiger partial charge in [0.2, 0.25) is 5.82 Å². The number of nitrogens with one attached hydrogen (secondary N) is 3. The Bertz CT molecular complexity index is 613. The van der Waals surface area contributed by atoms with Crippen molar-refractivity contribution in [3.63, 3.8) is 0 Å². The third kappa shape index (κ3) is 2.62. The largest absolute Gasteiger partial charge is 0.359 e. The zero-order valence-corrected chi connectivity index (χ0v) is 10.1. The molecule has 2 heterocycles. The molecule has 2 aromatic heterocycles. The van der Waals surface area contributed by atoms with Crippen molar-refractivity contribution in [1.29, 1.82) is 0 Å². The monoisotopic (exact) mass is 252 g/mol. The van der Waals surface area contributed by atoms with E-state index in [0.29, 0.717) is 6.54 Å². The summed E-state index contributed by atoms with van der Waals surface area (Å²) in [6.07, 6.45) is 0.954. The topological polar surface area (TPSA) is 90.6 Å². The van der Waals surface area contributed by atoms with Gasteiger partial charge in [-0.3, -0.25) is 9.78 Å². The number of H-pyrrole nitrogens is 2. The molecule has 0 aromatic carbocycles. The average Bonchev–Trinajstić information content (AvgIpc) is 2.75. The van der Waals surface area contributed by atoms with Gasteiger partial charge in [0, 0.05) is 4.88 Å². The number of hydrogen-bond acceptors (Lipinski definition) is 5. The molecule has 0 aliphatic heterocycles. The number of thiophene rings is 1. The van der Waals surface area contributed by atoms with Gasteiger partial charge >= 0.3 is 5.69 Å². The third-order valence-electron chi connectivity index (χ3n) is 2.35. The molecule has 0 bridgehead atoms. The minimum absolute atomic E-state index is 0.125. The van der Waals surface area contributed by atoms with E-state index in [0.717, 1.165) is 6.42 Å². The van der Waals surface area contributed by atoms with E-state index in [1.807, 2.05) is 5.38 Å². The van der Waals surface area contributed by atoms with Gasteiger partial charge in [0.05, 0.1) is 6.54 Å². The van der Waals surface area contributed by atoms with Crippen molar-refractivity contribution >= 4 is 17.2 Å². The summed E-state index contributed by atoms with van der Waals surface area (Å²) in [6, 6.07) is 2.06. The number of aryl methyl sites for hydroxylation is 1. The van der Waals surface area contributed by atoms with Crippen LogP contribution in [0, 0.1) is 0 Å². The maximum atomic E-state index is 11.4. The summed E-state index contributed by atoms with van der Waals surface area (Å²) in [5.74, 6) is 0.125. The van der Waals surface area contributed by atoms with Crippen LogP contribution in [0.3, 0.4) is 0 Å². The van der Waals surface area contributed by atoms with Gasteiger partial charge in [-0.05, 0) is 23.4 Å². The van der Waals surface area contributed by atoms with Crippen molar-refractivity contribution in [2.75, 3.05) is 5.32 Å². The van der Waals surface area contributed by atoms with E-state index in [2.05, 4.69) is 33.5 Å². The van der Waals surface area contributed by atoms with Crippen LogP contribution in [0.15, 0.2) is 21.0 Å². The summed E-state index contributed by atoms with van der Waals surface area (Å²) in [4.78, 5) is 25.4. The van der Waals surface area contributed by atoms with Crippen LogP contribution >= 0.6 is 11.3 Å². The van der Waals surface area contributed by atoms with Gasteiger partial charge in [0.15, 0.2) is 0 Å². The number of nitrogens with zero attached hydrogens (tertiary/aromatic N) is 1. The summed E-state index contributed by atoms with van der Waals surface area (Å²) in [5, 5.41) is 10.7. The molecule has 0 aliphatic rings. The zero-order valence-electron chi connectivity index (χ0n) is 9.24. The van der Waals surface area contributed by atoms with Crippen LogP contribution in [0.5, 0.6) is 0 Å². The molecule has 6 nitrogen and oxygen atoms in total. The first-order chi connectivity index (χ1) is 8.20. The highest BCUT2D eigenvalue weighted by Gasteiger charge is 2.05. The molecule has 0 amide bonds. The molecule has 2 rings (SSSR count). The first-order valence-electron chi connectivity index (χ1n) is 5.19. The second-order valence-electron chi connectivity index (χ2n) is 3.43. The minimum Gasteiger partial charge on any atom is -0.359 e. The molecule has 0 radical (unpaired) electrons. The van der Waals surface area contributed by atoms with Crippen LogP contribution in [-0.4, -0.2) is 15.2 Å². The van der Waals surface area contributed by atoms with Crippen LogP contribution < -0.4 is 16.6 Å². The maximum Gasteiger partial charge on any atom is 0.342 e. The Labute approximate surface area is 101 Å². The Morgan fingerprint density at radius 3 is 3.00 bits per heavy atom. The van der Waals surface area contributed by atoms with Gasteiger partial charge in [0.25, 0.3) is 5.56 Å². The molecule has 0 unspecified atom stereocenters. The third-order valence-corrected chi connectivity index (χ3v) is 3.31. The lowest BCUT2D eigenvalue weighted by atomic mass is 10.2. The van der Waals surface area contributed by atoms with E-state index in [-0.39, 0.29) is 5.82 Å². The van der Waals surface area contributed by atoms with Gasteiger partial charge < -0.3 is 5.32 Å². The highest BCUT2D eigenvalue weighted by atomic mass is 32.1. The quantitative estimate of drug-likeness (QED) is 0.747. The fraction of sp³-hybridized carbons (Fsp3) is 0.300. The first-order valence-corrected chi connectivity index (χ1v) is 6.06. The van der Waals surface area contributed by atoms with Crippen molar-refractivity contribution in [1.82, 2.24) is 15.2 Å². The summed E-state index contributed by atoms with van der Waals surface area (Å²) in [5.41, 5.74) is 0.137. The Hall–Kier alpha value is -1.89. The second-order valence-corrected chi connectivity index (χ2v) is 4.43. The average molecular weight is 252 g/mol. The van der Waals surface area contributed by atoms with Crippen LogP contribution in [0.2, 0.25) is 0 Å². The smallest absolute Gasteiger partial charge is 0.342 e. The number of aromatic amines is 2. The molecule has 0 spiro atoms. The molecular formula is C10H12N4O2S. The van der Waals surface area contributed by atoms with Gasteiger partial charge in [-0.2, -0.15) is 0 Å². The predicted molar refractivity (Wildman–Crippen MR) is 66.5 cm³/mol. The SMILES string of the molecule is CCc1ccsc1CNc1n[nH]c(=O)[nH]c1=O. The summed E-state index contributed by atoms with van der Waals surface area (Å²) in [6.45, 7) is 2.61. The Balaban J connectivity index is 2.12. The molecule has 0 saturated carbocycles. The van der Waals surface area contributed by atoms with Crippen LogP contribution in [0.25, 0.3) is 0 Å². The van der Waals surface area contributed by atoms with Gasteiger partial charge in [-0.1, -0.05) is 6.92 Å². The highest BCUT2D eigenvalue weighted by molar-refractivity contribution is 7.10. The molecule has 0 atom stereocenters. The standard InChI is InChI=1S/C10H12N4O2S/c1-2-6-3-4-17-7(6)5-11-8-9(15)12-10(16)14-13-8/h3-4H,2,5H2,1H3,(H,11,13)(H2,12,14,15,16). The van der Waals surface area contributed by atoms with E-state index >= 15 is 0 Å². The van der Waals surface area contributed by atoms with Crippen LogP contribution in [0.4, 0.5) is 5.82 Å². The maximum absolute atomic E-state index is 11.4. The molecule has 0 saturated heterocycles. The van der Waals surface area contributed by atoms with Gasteiger partial charge in [0.1, 0.15) is 0 Å². The molecule has 17 heavy (non-hydrogen) atoms. The molecule has 3 N–H and O–H groups in total. The number of aromatic nitrogens is 3. The lowest BCUT2D eigenvalue weighted by Gasteiger charge is -2.03. The summed E-state index contributed by atoms with van der Waals surface area (Å²) >= 11 is 1.63. The Kier molecular flexibility index (Phi) is 3.38. The first kappa shape index (κ1) is 11.6. The van der Waals surface area contributed by atoms with Crippen molar-refractivity contribution in [2.45, 2.75) is 19.9 Å². The van der Waals surface area contributed by atoms with Crippen LogP contribution in [-0.2, 0) is 13.0 Å². The second kappa shape index (κ2) is 4.96. The van der Waals surface area contributed by atoms with Crippen LogP contribution in [0.1, 0.15) is 17.4 Å². The Morgan fingerprint density at radius 2 is 2.29 bits per heavy atom. The zero-order chi connectivity index (χ0) is 12.3. The predicted octanol–water partition coefficient (Wildman–Crippen LogP) is 0.694. The molecule has 7 heteroatoms. The van der Waals surface area contributed by atoms with Crippen molar-refractivity contribution in [3.05, 3.63) is 42.7 Å².